The van der Waals surface area contributed by atoms with E-state index in [9.17, 15) is 18.0 Å². The highest BCUT2D eigenvalue weighted by atomic mass is 19.4. The molecule has 2 aromatic carbocycles. The van der Waals surface area contributed by atoms with Crippen LogP contribution in [-0.4, -0.2) is 17.7 Å². The summed E-state index contributed by atoms with van der Waals surface area (Å²) in [5, 5.41) is 8.75. The molecule has 1 N–H and O–H groups in total. The number of alkyl halides is 3. The lowest BCUT2D eigenvalue weighted by Gasteiger charge is -2.12. The van der Waals surface area contributed by atoms with Crippen LogP contribution in [0.15, 0.2) is 66.8 Å². The van der Waals surface area contributed by atoms with Crippen molar-refractivity contribution < 1.29 is 27.8 Å². The third-order valence-electron chi connectivity index (χ3n) is 3.66. The molecule has 3 nitrogen and oxygen atoms in total. The number of benzene rings is 2. The van der Waals surface area contributed by atoms with Gasteiger partial charge in [0.2, 0.25) is 0 Å². The lowest BCUT2D eigenvalue weighted by atomic mass is 9.96. The van der Waals surface area contributed by atoms with E-state index in [1.54, 1.807) is 30.3 Å². The van der Waals surface area contributed by atoms with Gasteiger partial charge >= 0.3 is 12.1 Å². The molecule has 2 rings (SSSR count). The van der Waals surface area contributed by atoms with E-state index in [2.05, 4.69) is 0 Å². The third-order valence-corrected chi connectivity index (χ3v) is 3.66. The normalized spacial score (nSPS) is 12.4. The van der Waals surface area contributed by atoms with Crippen LogP contribution in [0.25, 0.3) is 5.57 Å². The predicted molar refractivity (Wildman–Crippen MR) is 97.5 cm³/mol. The van der Waals surface area contributed by atoms with Gasteiger partial charge < -0.3 is 9.84 Å². The molecular formula is C21H19F3O3. The van der Waals surface area contributed by atoms with Gasteiger partial charge in [-0.25, -0.2) is 4.79 Å². The SMILES string of the molecule is CCCOc1ccc(/C(=C/C=C/C(=O)O)c2ccc(C(F)(F)F)cc2)cc1. The molecule has 0 heterocycles. The van der Waals surface area contributed by atoms with Crippen molar-refractivity contribution in [3.8, 4) is 5.75 Å². The summed E-state index contributed by atoms with van der Waals surface area (Å²) in [6.45, 7) is 2.58. The fourth-order valence-corrected chi connectivity index (χ4v) is 2.38. The largest absolute Gasteiger partial charge is 0.494 e. The van der Waals surface area contributed by atoms with Crippen LogP contribution in [0, 0.1) is 0 Å². The van der Waals surface area contributed by atoms with E-state index in [1.807, 2.05) is 6.92 Å². The molecule has 0 fully saturated rings. The zero-order chi connectivity index (χ0) is 19.9. The van der Waals surface area contributed by atoms with Gasteiger partial charge in [-0.05, 0) is 47.4 Å². The van der Waals surface area contributed by atoms with Crippen molar-refractivity contribution in [1.82, 2.24) is 0 Å². The molecule has 0 saturated heterocycles. The van der Waals surface area contributed by atoms with Gasteiger partial charge in [0, 0.05) is 6.08 Å². The Balaban J connectivity index is 2.38. The molecule has 2 aromatic rings. The topological polar surface area (TPSA) is 46.5 Å². The third kappa shape index (κ3) is 6.02. The summed E-state index contributed by atoms with van der Waals surface area (Å²) in [4.78, 5) is 10.7. The van der Waals surface area contributed by atoms with Gasteiger partial charge in [-0.2, -0.15) is 13.2 Å². The number of hydrogen-bond acceptors (Lipinski definition) is 2. The van der Waals surface area contributed by atoms with E-state index in [0.29, 0.717) is 23.5 Å². The quantitative estimate of drug-likeness (QED) is 0.508. The first-order valence-corrected chi connectivity index (χ1v) is 8.33. The van der Waals surface area contributed by atoms with Gasteiger partial charge in [-0.3, -0.25) is 0 Å². The second-order valence-electron chi connectivity index (χ2n) is 5.73. The first-order chi connectivity index (χ1) is 12.8. The standard InChI is InChI=1S/C21H19F3O3/c1-2-14-27-18-12-8-16(9-13-18)19(4-3-5-20(25)26)15-6-10-17(11-7-15)21(22,23)24/h3-13H,2,14H2,1H3,(H,25,26)/b5-3+,19-4+. The monoisotopic (exact) mass is 376 g/mol. The highest BCUT2D eigenvalue weighted by molar-refractivity contribution is 5.84. The van der Waals surface area contributed by atoms with Gasteiger partial charge in [0.05, 0.1) is 12.2 Å². The Morgan fingerprint density at radius 3 is 2.07 bits per heavy atom. The fourth-order valence-electron chi connectivity index (χ4n) is 2.38. The van der Waals surface area contributed by atoms with Crippen LogP contribution in [0.5, 0.6) is 5.75 Å². The first kappa shape index (κ1) is 20.3. The highest BCUT2D eigenvalue weighted by Gasteiger charge is 2.30. The van der Waals surface area contributed by atoms with Crippen molar-refractivity contribution in [2.75, 3.05) is 6.61 Å². The number of aliphatic carboxylic acids is 1. The molecule has 142 valence electrons. The maximum Gasteiger partial charge on any atom is 0.416 e. The van der Waals surface area contributed by atoms with E-state index < -0.39 is 17.7 Å². The molecule has 0 saturated carbocycles. The molecule has 27 heavy (non-hydrogen) atoms. The number of halogens is 3. The zero-order valence-electron chi connectivity index (χ0n) is 14.7. The summed E-state index contributed by atoms with van der Waals surface area (Å²) in [6, 6.07) is 11.8. The van der Waals surface area contributed by atoms with Crippen molar-refractivity contribution in [3.05, 3.63) is 83.4 Å². The van der Waals surface area contributed by atoms with Crippen LogP contribution in [0.2, 0.25) is 0 Å². The van der Waals surface area contributed by atoms with Crippen molar-refractivity contribution in [3.63, 3.8) is 0 Å². The minimum Gasteiger partial charge on any atom is -0.494 e. The van der Waals surface area contributed by atoms with Crippen molar-refractivity contribution in [2.24, 2.45) is 0 Å². The predicted octanol–water partition coefficient (Wildman–Crippen LogP) is 5.57. The average Bonchev–Trinajstić information content (AvgIpc) is 2.63. The smallest absolute Gasteiger partial charge is 0.416 e. The molecule has 0 aliphatic heterocycles. The first-order valence-electron chi connectivity index (χ1n) is 8.33. The summed E-state index contributed by atoms with van der Waals surface area (Å²) in [5.74, 6) is -0.421. The van der Waals surface area contributed by atoms with Gasteiger partial charge in [-0.1, -0.05) is 43.3 Å². The van der Waals surface area contributed by atoms with E-state index in [4.69, 9.17) is 9.84 Å². The van der Waals surface area contributed by atoms with Crippen molar-refractivity contribution in [1.29, 1.82) is 0 Å². The van der Waals surface area contributed by atoms with Crippen LogP contribution in [0.4, 0.5) is 13.2 Å². The molecule has 0 aromatic heterocycles. The minimum absolute atomic E-state index is 0.542. The number of allylic oxidation sites excluding steroid dienone is 2. The molecule has 6 heteroatoms. The Kier molecular flexibility index (Phi) is 6.82. The Bertz CT molecular complexity index is 817. The lowest BCUT2D eigenvalue weighted by Crippen LogP contribution is -2.04. The Hall–Kier alpha value is -3.02. The van der Waals surface area contributed by atoms with E-state index in [-0.39, 0.29) is 0 Å². The number of hydrogen-bond donors (Lipinski definition) is 1. The molecule has 0 unspecified atom stereocenters. The molecule has 0 aliphatic carbocycles. The summed E-state index contributed by atoms with van der Waals surface area (Å²) in [6.07, 6.45) is 0.320. The maximum atomic E-state index is 12.8. The number of carboxylic acid groups (broad SMARTS) is 1. The molecular weight excluding hydrogens is 357 g/mol. The van der Waals surface area contributed by atoms with Crippen LogP contribution in [-0.2, 0) is 11.0 Å². The minimum atomic E-state index is -4.41. The van der Waals surface area contributed by atoms with Crippen LogP contribution in [0.3, 0.4) is 0 Å². The molecule has 0 radical (unpaired) electrons. The highest BCUT2D eigenvalue weighted by Crippen LogP contribution is 2.32. The Morgan fingerprint density at radius 1 is 1.04 bits per heavy atom. The van der Waals surface area contributed by atoms with Gasteiger partial charge in [0.25, 0.3) is 0 Å². The van der Waals surface area contributed by atoms with Crippen molar-refractivity contribution >= 4 is 11.5 Å². The number of ether oxygens (including phenoxy) is 1. The number of carboxylic acids is 1. The van der Waals surface area contributed by atoms with E-state index in [0.717, 1.165) is 30.2 Å². The van der Waals surface area contributed by atoms with Crippen LogP contribution in [0.1, 0.15) is 30.0 Å². The Labute approximate surface area is 155 Å². The summed E-state index contributed by atoms with van der Waals surface area (Å²) in [5.41, 5.74) is 1.13. The lowest BCUT2D eigenvalue weighted by molar-refractivity contribution is -0.137. The number of carbonyl (C=O) groups is 1. The molecule has 0 spiro atoms. The van der Waals surface area contributed by atoms with Gasteiger partial charge in [0.1, 0.15) is 5.75 Å². The summed E-state index contributed by atoms with van der Waals surface area (Å²) >= 11 is 0. The summed E-state index contributed by atoms with van der Waals surface area (Å²) < 4.78 is 43.9. The average molecular weight is 376 g/mol. The van der Waals surface area contributed by atoms with Gasteiger partial charge in [0.15, 0.2) is 0 Å². The van der Waals surface area contributed by atoms with E-state index in [1.165, 1.54) is 18.2 Å². The molecule has 0 aliphatic rings. The maximum absolute atomic E-state index is 12.8. The Morgan fingerprint density at radius 2 is 1.59 bits per heavy atom. The van der Waals surface area contributed by atoms with Crippen LogP contribution >= 0.6 is 0 Å². The molecule has 0 atom stereocenters. The van der Waals surface area contributed by atoms with Gasteiger partial charge in [-0.15, -0.1) is 0 Å². The zero-order valence-corrected chi connectivity index (χ0v) is 14.7. The van der Waals surface area contributed by atoms with Crippen LogP contribution < -0.4 is 4.74 Å². The molecule has 0 amide bonds. The second kappa shape index (κ2) is 9.07. The fraction of sp³-hybridized carbons (Fsp3) is 0.190. The molecule has 0 bridgehead atoms. The van der Waals surface area contributed by atoms with E-state index >= 15 is 0 Å². The van der Waals surface area contributed by atoms with Crippen molar-refractivity contribution in [2.45, 2.75) is 19.5 Å². The second-order valence-corrected chi connectivity index (χ2v) is 5.73. The summed E-state index contributed by atoms with van der Waals surface area (Å²) in [7, 11) is 0. The number of rotatable bonds is 7.